The van der Waals surface area contributed by atoms with Gasteiger partial charge in [-0.3, -0.25) is 0 Å². The van der Waals surface area contributed by atoms with Crippen LogP contribution in [0, 0.1) is 37.0 Å². The van der Waals surface area contributed by atoms with Gasteiger partial charge < -0.3 is 0 Å². The summed E-state index contributed by atoms with van der Waals surface area (Å²) in [6, 6.07) is 9.43. The van der Waals surface area contributed by atoms with E-state index in [0.29, 0.717) is 5.92 Å². The van der Waals surface area contributed by atoms with Crippen molar-refractivity contribution in [1.82, 2.24) is 0 Å². The normalized spacial score (nSPS) is 27.4. The van der Waals surface area contributed by atoms with E-state index >= 15 is 0 Å². The van der Waals surface area contributed by atoms with E-state index in [1.807, 2.05) is 0 Å². The van der Waals surface area contributed by atoms with Gasteiger partial charge in [-0.1, -0.05) is 103 Å². The van der Waals surface area contributed by atoms with Crippen LogP contribution in [-0.2, 0) is 6.42 Å². The molecule has 0 radical (unpaired) electrons. The highest BCUT2D eigenvalue weighted by Gasteiger charge is 2.59. The van der Waals surface area contributed by atoms with Crippen molar-refractivity contribution in [3.8, 4) is 11.1 Å². The number of fused-ring (bicyclic) bond motifs is 3. The SMILES string of the molecule is C.C=C(C)C1=C(C)C[C@@]2(C)C[C@@]3(C)Cc4c(C(C)C)cc(-c5ccc(C)c(C)c5)c(C)c4C(=C)C3=C(C)[C@@]2(C)C1=C. The second kappa shape index (κ2) is 9.86. The molecule has 0 unspecified atom stereocenters. The molecule has 0 heteroatoms. The van der Waals surface area contributed by atoms with Gasteiger partial charge in [0.15, 0.2) is 0 Å². The van der Waals surface area contributed by atoms with Crippen LogP contribution in [0.1, 0.15) is 115 Å². The Balaban J connectivity index is 0.00000387. The Kier molecular flexibility index (Phi) is 7.48. The fourth-order valence-corrected chi connectivity index (χ4v) is 9.35. The molecule has 0 fully saturated rings. The van der Waals surface area contributed by atoms with Gasteiger partial charge in [-0.25, -0.2) is 0 Å². The van der Waals surface area contributed by atoms with Gasteiger partial charge in [0.1, 0.15) is 0 Å². The van der Waals surface area contributed by atoms with E-state index in [4.69, 9.17) is 13.2 Å². The van der Waals surface area contributed by atoms with Crippen LogP contribution >= 0.6 is 0 Å². The second-order valence-electron chi connectivity index (χ2n) is 14.6. The number of hydrogen-bond donors (Lipinski definition) is 0. The van der Waals surface area contributed by atoms with E-state index in [1.54, 1.807) is 0 Å². The molecule has 0 nitrogen and oxygen atoms in total. The van der Waals surface area contributed by atoms with Gasteiger partial charge in [-0.05, 0) is 144 Å². The molecule has 0 spiro atoms. The van der Waals surface area contributed by atoms with Crippen LogP contribution in [0.25, 0.3) is 16.7 Å². The van der Waals surface area contributed by atoms with E-state index in [-0.39, 0.29) is 23.7 Å². The molecule has 0 aliphatic heterocycles. The standard InChI is InChI=1S/C40H50.CH4/c1-22(2)32-18-33(31-16-15-24(5)25(6)17-31)27(8)36-28(9)37-30(11)40(14)29(10)35(23(3)4)26(7)19-39(40,13)21-38(37,12)20-34(32)36;/h15-18,22H,3,9-10,19-21H2,1-2,4-8,11-14H3;1H4/t38-,39+,40-;/m1./s1. The summed E-state index contributed by atoms with van der Waals surface area (Å²) in [6.07, 6.45) is 3.30. The number of aryl methyl sites for hydroxylation is 2. The number of allylic oxidation sites excluding steroid dienone is 7. The summed E-state index contributed by atoms with van der Waals surface area (Å²) in [4.78, 5) is 0. The Bertz CT molecular complexity index is 1580. The smallest absolute Gasteiger partial charge is 0.0194 e. The molecule has 2 aromatic carbocycles. The molecular formula is C41H54. The van der Waals surface area contributed by atoms with Gasteiger partial charge in [0.25, 0.3) is 0 Å². The molecule has 0 saturated heterocycles. The topological polar surface area (TPSA) is 0 Å². The monoisotopic (exact) mass is 546 g/mol. The highest BCUT2D eigenvalue weighted by molar-refractivity contribution is 5.90. The van der Waals surface area contributed by atoms with Gasteiger partial charge in [-0.15, -0.1) is 0 Å². The largest absolute Gasteiger partial charge is 0.0955 e. The molecular weight excluding hydrogens is 492 g/mol. The molecule has 3 atom stereocenters. The van der Waals surface area contributed by atoms with E-state index in [9.17, 15) is 0 Å². The Morgan fingerprint density at radius 2 is 1.54 bits per heavy atom. The van der Waals surface area contributed by atoms with E-state index < -0.39 is 0 Å². The van der Waals surface area contributed by atoms with Crippen molar-refractivity contribution in [1.29, 1.82) is 0 Å². The summed E-state index contributed by atoms with van der Waals surface area (Å²) >= 11 is 0. The van der Waals surface area contributed by atoms with Crippen LogP contribution in [0.15, 0.2) is 77.4 Å². The Morgan fingerprint density at radius 3 is 2.10 bits per heavy atom. The lowest BCUT2D eigenvalue weighted by Gasteiger charge is -2.62. The molecule has 0 N–H and O–H groups in total. The van der Waals surface area contributed by atoms with E-state index in [1.165, 1.54) is 77.9 Å². The molecule has 0 saturated carbocycles. The fourth-order valence-electron chi connectivity index (χ4n) is 9.35. The molecule has 3 aliphatic carbocycles. The average Bonchev–Trinajstić information content (AvgIpc) is 2.82. The van der Waals surface area contributed by atoms with Crippen molar-refractivity contribution >= 4 is 5.57 Å². The predicted molar refractivity (Wildman–Crippen MR) is 183 cm³/mol. The average molecular weight is 547 g/mol. The highest BCUT2D eigenvalue weighted by Crippen LogP contribution is 2.70. The minimum atomic E-state index is -0.128. The Labute approximate surface area is 252 Å². The zero-order valence-corrected chi connectivity index (χ0v) is 27.1. The zero-order chi connectivity index (χ0) is 29.7. The molecule has 0 amide bonds. The first-order valence-corrected chi connectivity index (χ1v) is 15.2. The maximum Gasteiger partial charge on any atom is 0.0194 e. The fraction of sp³-hybridized carbons (Fsp3) is 0.463. The molecule has 3 aliphatic rings. The number of rotatable bonds is 3. The minimum Gasteiger partial charge on any atom is -0.0955 e. The molecule has 218 valence electrons. The Morgan fingerprint density at radius 1 is 0.902 bits per heavy atom. The highest BCUT2D eigenvalue weighted by atomic mass is 14.6. The predicted octanol–water partition coefficient (Wildman–Crippen LogP) is 12.2. The molecule has 0 bridgehead atoms. The van der Waals surface area contributed by atoms with Gasteiger partial charge in [0.2, 0.25) is 0 Å². The van der Waals surface area contributed by atoms with Crippen LogP contribution in [0.3, 0.4) is 0 Å². The van der Waals surface area contributed by atoms with E-state index in [0.717, 1.165) is 24.8 Å². The summed E-state index contributed by atoms with van der Waals surface area (Å²) in [6.45, 7) is 39.9. The van der Waals surface area contributed by atoms with Crippen molar-refractivity contribution < 1.29 is 0 Å². The maximum absolute atomic E-state index is 4.93. The molecule has 0 heterocycles. The summed E-state index contributed by atoms with van der Waals surface area (Å²) in [7, 11) is 0. The third kappa shape index (κ3) is 4.15. The van der Waals surface area contributed by atoms with Gasteiger partial charge in [0, 0.05) is 5.41 Å². The van der Waals surface area contributed by atoms with Gasteiger partial charge in [0.05, 0.1) is 0 Å². The van der Waals surface area contributed by atoms with Crippen molar-refractivity contribution in [2.75, 3.05) is 0 Å². The molecule has 5 rings (SSSR count). The molecule has 0 aromatic heterocycles. The first kappa shape index (κ1) is 31.1. The minimum absolute atomic E-state index is 0. The Hall–Kier alpha value is -2.86. The third-order valence-corrected chi connectivity index (χ3v) is 11.5. The van der Waals surface area contributed by atoms with Gasteiger partial charge in [-0.2, -0.15) is 0 Å². The quantitative estimate of drug-likeness (QED) is 0.359. The summed E-state index contributed by atoms with van der Waals surface area (Å²) in [5.41, 5.74) is 20.5. The zero-order valence-electron chi connectivity index (χ0n) is 27.1. The van der Waals surface area contributed by atoms with Crippen LogP contribution in [0.5, 0.6) is 0 Å². The van der Waals surface area contributed by atoms with E-state index in [2.05, 4.69) is 107 Å². The van der Waals surface area contributed by atoms with Crippen LogP contribution in [0.4, 0.5) is 0 Å². The van der Waals surface area contributed by atoms with Crippen LogP contribution < -0.4 is 0 Å². The summed E-state index contributed by atoms with van der Waals surface area (Å²) in [5.74, 6) is 0.449. The van der Waals surface area contributed by atoms with Crippen LogP contribution in [-0.4, -0.2) is 0 Å². The lowest BCUT2D eigenvalue weighted by Crippen LogP contribution is -2.52. The van der Waals surface area contributed by atoms with Crippen molar-refractivity contribution in [2.24, 2.45) is 16.2 Å². The first-order valence-electron chi connectivity index (χ1n) is 15.2. The summed E-state index contributed by atoms with van der Waals surface area (Å²) in [5, 5.41) is 0. The number of hydrogen-bond acceptors (Lipinski definition) is 0. The molecule has 41 heavy (non-hydrogen) atoms. The summed E-state index contributed by atoms with van der Waals surface area (Å²) < 4.78 is 0. The third-order valence-electron chi connectivity index (χ3n) is 11.5. The maximum atomic E-state index is 4.93. The lowest BCUT2D eigenvalue weighted by molar-refractivity contribution is 0.0543. The molecule has 2 aromatic rings. The van der Waals surface area contributed by atoms with Crippen LogP contribution in [0.2, 0.25) is 0 Å². The lowest BCUT2D eigenvalue weighted by atomic mass is 9.41. The van der Waals surface area contributed by atoms with Gasteiger partial charge >= 0.3 is 0 Å². The van der Waals surface area contributed by atoms with Crippen molar-refractivity contribution in [3.63, 3.8) is 0 Å². The second-order valence-corrected chi connectivity index (χ2v) is 14.6. The number of benzene rings is 2. The first-order chi connectivity index (χ1) is 18.5. The van der Waals surface area contributed by atoms with Crippen molar-refractivity contribution in [2.45, 2.75) is 109 Å². The van der Waals surface area contributed by atoms with Crippen molar-refractivity contribution in [3.05, 3.63) is 111 Å².